The largest absolute Gasteiger partial charge is 0.497 e. The molecule has 1 atom stereocenters. The van der Waals surface area contributed by atoms with Gasteiger partial charge in [0.2, 0.25) is 11.8 Å². The Labute approximate surface area is 226 Å². The van der Waals surface area contributed by atoms with Gasteiger partial charge in [-0.25, -0.2) is 0 Å². The molecule has 0 heterocycles. The van der Waals surface area contributed by atoms with Crippen LogP contribution >= 0.6 is 27.7 Å². The number of benzene rings is 3. The summed E-state index contributed by atoms with van der Waals surface area (Å²) < 4.78 is 6.41. The Morgan fingerprint density at radius 1 is 0.972 bits per heavy atom. The van der Waals surface area contributed by atoms with Crippen molar-refractivity contribution in [2.75, 3.05) is 19.4 Å². The fourth-order valence-electron chi connectivity index (χ4n) is 3.81. The lowest BCUT2D eigenvalue weighted by Gasteiger charge is -2.31. The number of carbonyl (C=O) groups is 2. The van der Waals surface area contributed by atoms with Crippen LogP contribution in [0.2, 0.25) is 0 Å². The van der Waals surface area contributed by atoms with E-state index in [0.717, 1.165) is 39.1 Å². The number of halogens is 1. The molecule has 3 aromatic rings. The summed E-state index contributed by atoms with van der Waals surface area (Å²) in [4.78, 5) is 28.7. The van der Waals surface area contributed by atoms with E-state index >= 15 is 0 Å². The average molecular weight is 570 g/mol. The highest BCUT2D eigenvalue weighted by Crippen LogP contribution is 2.21. The van der Waals surface area contributed by atoms with E-state index in [2.05, 4.69) is 21.2 Å². The van der Waals surface area contributed by atoms with Crippen molar-refractivity contribution in [1.82, 2.24) is 10.2 Å². The molecule has 0 spiro atoms. The first-order valence-corrected chi connectivity index (χ1v) is 14.0. The Morgan fingerprint density at radius 2 is 1.69 bits per heavy atom. The number of nitrogens with zero attached hydrogens (tertiary/aromatic N) is 1. The van der Waals surface area contributed by atoms with Gasteiger partial charge >= 0.3 is 0 Å². The van der Waals surface area contributed by atoms with Crippen LogP contribution < -0.4 is 10.1 Å². The van der Waals surface area contributed by atoms with Crippen molar-refractivity contribution >= 4 is 39.5 Å². The number of ether oxygens (including phenoxy) is 1. The highest BCUT2D eigenvalue weighted by atomic mass is 79.9. The van der Waals surface area contributed by atoms with Crippen molar-refractivity contribution in [2.45, 2.75) is 38.1 Å². The molecule has 36 heavy (non-hydrogen) atoms. The fourth-order valence-corrected chi connectivity index (χ4v) is 4.94. The predicted molar refractivity (Wildman–Crippen MR) is 151 cm³/mol. The van der Waals surface area contributed by atoms with Gasteiger partial charge in [-0.1, -0.05) is 77.5 Å². The van der Waals surface area contributed by atoms with Crippen LogP contribution in [-0.4, -0.2) is 42.2 Å². The number of nitrogens with one attached hydrogen (secondary N) is 1. The van der Waals surface area contributed by atoms with E-state index < -0.39 is 6.04 Å². The maximum atomic E-state index is 13.6. The minimum Gasteiger partial charge on any atom is -0.497 e. The van der Waals surface area contributed by atoms with E-state index in [1.165, 1.54) is 0 Å². The summed E-state index contributed by atoms with van der Waals surface area (Å²) in [5, 5.41) is 3.01. The summed E-state index contributed by atoms with van der Waals surface area (Å²) in [5.74, 6) is 1.53. The van der Waals surface area contributed by atoms with E-state index in [4.69, 9.17) is 4.74 Å². The molecule has 5 nitrogen and oxygen atoms in total. The Balaban J connectivity index is 1.84. The zero-order chi connectivity index (χ0) is 25.8. The summed E-state index contributed by atoms with van der Waals surface area (Å²) in [7, 11) is 1.62. The number of thioether (sulfide) groups is 1. The molecule has 2 amide bonds. The summed E-state index contributed by atoms with van der Waals surface area (Å²) in [6.07, 6.45) is 1.28. The molecular weight excluding hydrogens is 536 g/mol. The first-order chi connectivity index (χ1) is 17.5. The maximum Gasteiger partial charge on any atom is 0.243 e. The molecule has 0 unspecified atom stereocenters. The summed E-state index contributed by atoms with van der Waals surface area (Å²) in [5.41, 5.74) is 3.08. The Bertz CT molecular complexity index is 1110. The Hall–Kier alpha value is -2.77. The van der Waals surface area contributed by atoms with Crippen LogP contribution in [0.3, 0.4) is 0 Å². The van der Waals surface area contributed by atoms with E-state index in [9.17, 15) is 9.59 Å². The van der Waals surface area contributed by atoms with E-state index in [-0.39, 0.29) is 17.6 Å². The summed E-state index contributed by atoms with van der Waals surface area (Å²) in [6, 6.07) is 25.0. The monoisotopic (exact) mass is 568 g/mol. The molecule has 190 valence electrons. The zero-order valence-corrected chi connectivity index (χ0v) is 23.2. The number of rotatable bonds is 13. The van der Waals surface area contributed by atoms with Gasteiger partial charge in [-0.3, -0.25) is 9.59 Å². The van der Waals surface area contributed by atoms with Crippen LogP contribution in [0.4, 0.5) is 0 Å². The normalized spacial score (nSPS) is 11.5. The van der Waals surface area contributed by atoms with Crippen LogP contribution in [0.1, 0.15) is 30.0 Å². The van der Waals surface area contributed by atoms with Gasteiger partial charge in [-0.15, -0.1) is 11.8 Å². The van der Waals surface area contributed by atoms with Gasteiger partial charge in [0, 0.05) is 29.7 Å². The van der Waals surface area contributed by atoms with Gasteiger partial charge in [0.1, 0.15) is 11.8 Å². The number of methoxy groups -OCH3 is 1. The van der Waals surface area contributed by atoms with Gasteiger partial charge in [0.15, 0.2) is 0 Å². The molecule has 3 aromatic carbocycles. The first kappa shape index (κ1) is 27.8. The molecule has 7 heteroatoms. The second kappa shape index (κ2) is 14.7. The molecule has 0 aliphatic heterocycles. The third kappa shape index (κ3) is 8.71. The van der Waals surface area contributed by atoms with Crippen molar-refractivity contribution in [3.8, 4) is 5.75 Å². The minimum atomic E-state index is -0.620. The molecular formula is C29H33BrN2O3S. The minimum absolute atomic E-state index is 0.0625. The van der Waals surface area contributed by atoms with Gasteiger partial charge in [0.25, 0.3) is 0 Å². The predicted octanol–water partition coefficient (Wildman–Crippen LogP) is 5.86. The topological polar surface area (TPSA) is 58.6 Å². The number of hydrogen-bond acceptors (Lipinski definition) is 4. The number of amides is 2. The maximum absolute atomic E-state index is 13.6. The molecule has 0 aliphatic rings. The molecule has 0 aromatic heterocycles. The lowest BCUT2D eigenvalue weighted by molar-refractivity contribution is -0.139. The highest BCUT2D eigenvalue weighted by Gasteiger charge is 2.30. The molecule has 0 saturated heterocycles. The van der Waals surface area contributed by atoms with Crippen molar-refractivity contribution in [3.05, 3.63) is 100 Å². The second-order valence-electron chi connectivity index (χ2n) is 8.49. The van der Waals surface area contributed by atoms with Crippen LogP contribution in [0.15, 0.2) is 83.3 Å². The van der Waals surface area contributed by atoms with Crippen molar-refractivity contribution in [3.63, 3.8) is 0 Å². The second-order valence-corrected chi connectivity index (χ2v) is 10.4. The van der Waals surface area contributed by atoms with Gasteiger partial charge < -0.3 is 15.0 Å². The lowest BCUT2D eigenvalue weighted by Crippen LogP contribution is -2.51. The Morgan fingerprint density at radius 3 is 2.39 bits per heavy atom. The molecule has 0 radical (unpaired) electrons. The third-order valence-electron chi connectivity index (χ3n) is 5.71. The molecule has 1 N–H and O–H groups in total. The number of hydrogen-bond donors (Lipinski definition) is 1. The van der Waals surface area contributed by atoms with Crippen molar-refractivity contribution < 1.29 is 14.3 Å². The summed E-state index contributed by atoms with van der Waals surface area (Å²) in [6.45, 7) is 2.92. The average Bonchev–Trinajstić information content (AvgIpc) is 2.91. The van der Waals surface area contributed by atoms with Crippen LogP contribution in [0, 0.1) is 0 Å². The van der Waals surface area contributed by atoms with E-state index in [0.29, 0.717) is 19.5 Å². The smallest absolute Gasteiger partial charge is 0.243 e. The van der Waals surface area contributed by atoms with Crippen molar-refractivity contribution in [2.24, 2.45) is 0 Å². The molecule has 3 rings (SSSR count). The SMILES string of the molecule is CCCNC(=O)[C@H](Cc1ccccc1)N(Cc1cccc(OC)c1)C(=O)CSCc1ccc(Br)cc1. The van der Waals surface area contributed by atoms with Crippen molar-refractivity contribution in [1.29, 1.82) is 0 Å². The molecule has 0 saturated carbocycles. The van der Waals surface area contributed by atoms with Gasteiger partial charge in [0.05, 0.1) is 12.9 Å². The third-order valence-corrected chi connectivity index (χ3v) is 7.23. The number of carbonyl (C=O) groups excluding carboxylic acids is 2. The lowest BCUT2D eigenvalue weighted by atomic mass is 10.0. The van der Waals surface area contributed by atoms with E-state index in [1.54, 1.807) is 23.8 Å². The highest BCUT2D eigenvalue weighted by molar-refractivity contribution is 9.10. The van der Waals surface area contributed by atoms with E-state index in [1.807, 2.05) is 85.8 Å². The Kier molecular flexibility index (Phi) is 11.4. The first-order valence-electron chi connectivity index (χ1n) is 12.1. The quantitative estimate of drug-likeness (QED) is 0.280. The molecule has 0 aliphatic carbocycles. The molecule has 0 bridgehead atoms. The van der Waals surface area contributed by atoms with Gasteiger partial charge in [-0.2, -0.15) is 0 Å². The van der Waals surface area contributed by atoms with Gasteiger partial charge in [-0.05, 0) is 47.4 Å². The summed E-state index contributed by atoms with van der Waals surface area (Å²) >= 11 is 5.01. The zero-order valence-electron chi connectivity index (χ0n) is 20.8. The molecule has 0 fully saturated rings. The standard InChI is InChI=1S/C29H33BrN2O3S/c1-3-16-31-29(34)27(18-22-8-5-4-6-9-22)32(19-24-10-7-11-26(17-24)35-2)28(33)21-36-20-23-12-14-25(30)15-13-23/h4-15,17,27H,3,16,18-21H2,1-2H3,(H,31,34)/t27-/m0/s1. The van der Waals surface area contributed by atoms with Crippen LogP contribution in [0.5, 0.6) is 5.75 Å². The van der Waals surface area contributed by atoms with Crippen LogP contribution in [0.25, 0.3) is 0 Å². The van der Waals surface area contributed by atoms with Crippen LogP contribution in [-0.2, 0) is 28.3 Å². The fraction of sp³-hybridized carbons (Fsp3) is 0.310.